The summed E-state index contributed by atoms with van der Waals surface area (Å²) in [5, 5.41) is 0. The van der Waals surface area contributed by atoms with Crippen LogP contribution in [0.5, 0.6) is 0 Å². The van der Waals surface area contributed by atoms with Gasteiger partial charge in [0.15, 0.2) is 0 Å². The molecule has 1 heterocycles. The van der Waals surface area contributed by atoms with Crippen LogP contribution in [-0.2, 0) is 14.3 Å². The van der Waals surface area contributed by atoms with Crippen LogP contribution < -0.4 is 0 Å². The van der Waals surface area contributed by atoms with Crippen LogP contribution in [-0.4, -0.2) is 17.9 Å². The monoisotopic (exact) mass is 262 g/mol. The fraction of sp³-hybridized carbons (Fsp3) is 0.750. The first-order valence-corrected chi connectivity index (χ1v) is 7.40. The topological polar surface area (TPSA) is 43.4 Å². The number of rotatable bonds is 1. The zero-order valence-electron chi connectivity index (χ0n) is 11.9. The molecule has 1 saturated heterocycles. The molecule has 3 rings (SSSR count). The molecule has 0 aromatic heterocycles. The summed E-state index contributed by atoms with van der Waals surface area (Å²) in [4.78, 5) is 24.1. The number of carbonyl (C=O) groups excluding carboxylic acids is 2. The van der Waals surface area contributed by atoms with E-state index in [0.29, 0.717) is 11.8 Å². The first-order valence-electron chi connectivity index (χ1n) is 7.40. The van der Waals surface area contributed by atoms with Gasteiger partial charge in [0.25, 0.3) is 0 Å². The van der Waals surface area contributed by atoms with Gasteiger partial charge in [-0.05, 0) is 44.9 Å². The number of hydrogen-bond donors (Lipinski definition) is 0. The molecule has 0 unspecified atom stereocenters. The van der Waals surface area contributed by atoms with Gasteiger partial charge in [-0.2, -0.15) is 0 Å². The predicted octanol–water partition coefficient (Wildman–Crippen LogP) is 2.75. The van der Waals surface area contributed by atoms with E-state index in [9.17, 15) is 9.59 Å². The molecule has 104 valence electrons. The molecule has 0 amide bonds. The lowest BCUT2D eigenvalue weighted by Crippen LogP contribution is -2.42. The number of allylic oxidation sites excluding steroid dienone is 1. The highest BCUT2D eigenvalue weighted by molar-refractivity contribution is 5.84. The molecule has 2 aliphatic carbocycles. The van der Waals surface area contributed by atoms with Crippen LogP contribution in [0.2, 0.25) is 0 Å². The van der Waals surface area contributed by atoms with Crippen LogP contribution in [0.4, 0.5) is 0 Å². The zero-order valence-corrected chi connectivity index (χ0v) is 11.9. The normalized spacial score (nSPS) is 45.0. The van der Waals surface area contributed by atoms with Gasteiger partial charge < -0.3 is 4.74 Å². The highest BCUT2D eigenvalue weighted by Gasteiger charge is 2.53. The SMILES string of the molecule is CC(=O)[C@@H]1[C@@H]2[C@@H](C)OC(=O)[C@@H]2C=C2C[C@H](C)CC[C@H]21. The average Bonchev–Trinajstić information content (AvgIpc) is 2.61. The number of fused-ring (bicyclic) bond motifs is 2. The van der Waals surface area contributed by atoms with E-state index in [2.05, 4.69) is 13.0 Å². The Morgan fingerprint density at radius 2 is 2.05 bits per heavy atom. The Kier molecular flexibility index (Phi) is 3.03. The van der Waals surface area contributed by atoms with Gasteiger partial charge in [0.2, 0.25) is 0 Å². The minimum atomic E-state index is -0.180. The van der Waals surface area contributed by atoms with Crippen molar-refractivity contribution in [3.63, 3.8) is 0 Å². The van der Waals surface area contributed by atoms with E-state index in [1.807, 2.05) is 6.92 Å². The van der Waals surface area contributed by atoms with Gasteiger partial charge in [-0.1, -0.05) is 18.6 Å². The Morgan fingerprint density at radius 1 is 1.32 bits per heavy atom. The number of hydrogen-bond acceptors (Lipinski definition) is 3. The maximum absolute atomic E-state index is 12.1. The summed E-state index contributed by atoms with van der Waals surface area (Å²) >= 11 is 0. The third kappa shape index (κ3) is 1.94. The third-order valence-electron chi connectivity index (χ3n) is 5.27. The number of Topliss-reactive ketones (excluding diaryl/α,β-unsaturated/α-hetero) is 1. The molecule has 0 spiro atoms. The number of ketones is 1. The summed E-state index contributed by atoms with van der Waals surface area (Å²) in [6.07, 6.45) is 5.33. The summed E-state index contributed by atoms with van der Waals surface area (Å²) in [7, 11) is 0. The van der Waals surface area contributed by atoms with Crippen LogP contribution in [0, 0.1) is 29.6 Å². The van der Waals surface area contributed by atoms with Gasteiger partial charge in [-0.15, -0.1) is 0 Å². The molecule has 6 atom stereocenters. The Morgan fingerprint density at radius 3 is 2.74 bits per heavy atom. The summed E-state index contributed by atoms with van der Waals surface area (Å²) in [6, 6.07) is 0. The van der Waals surface area contributed by atoms with Crippen molar-refractivity contribution in [3.8, 4) is 0 Å². The molecule has 1 aliphatic heterocycles. The second-order valence-electron chi connectivity index (χ2n) is 6.62. The van der Waals surface area contributed by atoms with E-state index in [0.717, 1.165) is 12.8 Å². The van der Waals surface area contributed by atoms with Crippen LogP contribution in [0.25, 0.3) is 0 Å². The maximum atomic E-state index is 12.1. The standard InChI is InChI=1S/C16H22O3/c1-8-4-5-12-11(6-8)7-13-15(14(12)9(2)17)10(3)19-16(13)18/h7-8,10,12-15H,4-6H2,1-3H3/t8-,10-,12-,13-,14+,15-/m1/s1. The lowest BCUT2D eigenvalue weighted by molar-refractivity contribution is -0.142. The number of ether oxygens (including phenoxy) is 1. The maximum Gasteiger partial charge on any atom is 0.313 e. The third-order valence-corrected chi connectivity index (χ3v) is 5.27. The zero-order chi connectivity index (χ0) is 13.7. The lowest BCUT2D eigenvalue weighted by Gasteiger charge is -2.42. The van der Waals surface area contributed by atoms with E-state index >= 15 is 0 Å². The van der Waals surface area contributed by atoms with Crippen molar-refractivity contribution in [1.82, 2.24) is 0 Å². The largest absolute Gasteiger partial charge is 0.462 e. The van der Waals surface area contributed by atoms with Crippen LogP contribution in [0.1, 0.15) is 40.0 Å². The summed E-state index contributed by atoms with van der Waals surface area (Å²) in [5.41, 5.74) is 1.34. The van der Waals surface area contributed by atoms with Crippen molar-refractivity contribution in [2.45, 2.75) is 46.1 Å². The molecule has 0 N–H and O–H groups in total. The molecule has 0 aromatic carbocycles. The van der Waals surface area contributed by atoms with Crippen molar-refractivity contribution in [1.29, 1.82) is 0 Å². The summed E-state index contributed by atoms with van der Waals surface area (Å²) in [6.45, 7) is 5.86. The van der Waals surface area contributed by atoms with E-state index in [-0.39, 0.29) is 35.6 Å². The minimum absolute atomic E-state index is 0.0149. The van der Waals surface area contributed by atoms with Crippen molar-refractivity contribution in [3.05, 3.63) is 11.6 Å². The van der Waals surface area contributed by atoms with E-state index < -0.39 is 0 Å². The van der Waals surface area contributed by atoms with Crippen LogP contribution in [0.15, 0.2) is 11.6 Å². The Hall–Kier alpha value is -1.12. The fourth-order valence-corrected chi connectivity index (χ4v) is 4.44. The van der Waals surface area contributed by atoms with E-state index in [4.69, 9.17) is 4.74 Å². The second kappa shape index (κ2) is 4.46. The van der Waals surface area contributed by atoms with Crippen LogP contribution in [0.3, 0.4) is 0 Å². The molecule has 0 bridgehead atoms. The average molecular weight is 262 g/mol. The molecule has 3 heteroatoms. The Labute approximate surface area is 114 Å². The van der Waals surface area contributed by atoms with Gasteiger partial charge in [0.05, 0.1) is 5.92 Å². The van der Waals surface area contributed by atoms with Gasteiger partial charge in [-0.25, -0.2) is 0 Å². The first-order chi connectivity index (χ1) is 8.99. The van der Waals surface area contributed by atoms with Crippen molar-refractivity contribution in [2.75, 3.05) is 0 Å². The molecule has 19 heavy (non-hydrogen) atoms. The second-order valence-corrected chi connectivity index (χ2v) is 6.62. The number of esters is 1. The smallest absolute Gasteiger partial charge is 0.313 e. The highest BCUT2D eigenvalue weighted by atomic mass is 16.6. The molecule has 0 radical (unpaired) electrons. The Bertz CT molecular complexity index is 451. The van der Waals surface area contributed by atoms with Crippen molar-refractivity contribution < 1.29 is 14.3 Å². The van der Waals surface area contributed by atoms with Gasteiger partial charge in [-0.3, -0.25) is 9.59 Å². The molecule has 3 nitrogen and oxygen atoms in total. The molecule has 2 fully saturated rings. The molecule has 0 aromatic rings. The Balaban J connectivity index is 2.02. The lowest BCUT2D eigenvalue weighted by atomic mass is 9.60. The number of carbonyl (C=O) groups is 2. The number of cyclic esters (lactones) is 1. The van der Waals surface area contributed by atoms with E-state index in [1.165, 1.54) is 12.0 Å². The quantitative estimate of drug-likeness (QED) is 0.539. The van der Waals surface area contributed by atoms with Crippen LogP contribution >= 0.6 is 0 Å². The van der Waals surface area contributed by atoms with Gasteiger partial charge in [0, 0.05) is 11.8 Å². The molecule has 1 saturated carbocycles. The first kappa shape index (κ1) is 12.9. The minimum Gasteiger partial charge on any atom is -0.462 e. The van der Waals surface area contributed by atoms with Gasteiger partial charge >= 0.3 is 5.97 Å². The van der Waals surface area contributed by atoms with Gasteiger partial charge in [0.1, 0.15) is 11.9 Å². The summed E-state index contributed by atoms with van der Waals surface area (Å²) < 4.78 is 5.39. The van der Waals surface area contributed by atoms with Crippen molar-refractivity contribution >= 4 is 11.8 Å². The summed E-state index contributed by atoms with van der Waals surface area (Å²) in [5.74, 6) is 0.984. The molecule has 3 aliphatic rings. The molecular weight excluding hydrogens is 240 g/mol. The van der Waals surface area contributed by atoms with Crippen molar-refractivity contribution in [2.24, 2.45) is 29.6 Å². The predicted molar refractivity (Wildman–Crippen MR) is 71.3 cm³/mol. The molecular formula is C16H22O3. The highest BCUT2D eigenvalue weighted by Crippen LogP contribution is 2.50. The fourth-order valence-electron chi connectivity index (χ4n) is 4.44. The van der Waals surface area contributed by atoms with E-state index in [1.54, 1.807) is 6.92 Å².